The first-order valence-electron chi connectivity index (χ1n) is 2.69. The van der Waals surface area contributed by atoms with Gasteiger partial charge in [-0.3, -0.25) is 0 Å². The molecule has 0 fully saturated rings. The molecule has 9 heavy (non-hydrogen) atoms. The van der Waals surface area contributed by atoms with Crippen LogP contribution >= 0.6 is 27.3 Å². The van der Waals surface area contributed by atoms with Crippen molar-refractivity contribution in [1.29, 1.82) is 0 Å². The number of rotatable bonds is 1. The summed E-state index contributed by atoms with van der Waals surface area (Å²) in [5, 5.41) is 0. The molecule has 0 aliphatic carbocycles. The lowest BCUT2D eigenvalue weighted by molar-refractivity contribution is 1.10. The molecule has 0 aliphatic heterocycles. The third kappa shape index (κ3) is 1.53. The Bertz CT molecular complexity index is 207. The molecule has 1 nitrogen and oxygen atoms in total. The number of thiophene rings is 1. The van der Waals surface area contributed by atoms with Gasteiger partial charge in [0, 0.05) is 20.8 Å². The van der Waals surface area contributed by atoms with E-state index in [9.17, 15) is 0 Å². The first-order chi connectivity index (χ1) is 4.24. The van der Waals surface area contributed by atoms with Crippen molar-refractivity contribution in [1.82, 2.24) is 0 Å². The zero-order valence-electron chi connectivity index (χ0n) is 5.15. The highest BCUT2D eigenvalue weighted by molar-refractivity contribution is 9.10. The lowest BCUT2D eigenvalue weighted by atomic mass is 10.4. The molecule has 2 N–H and O–H groups in total. The minimum absolute atomic E-state index is 0.638. The van der Waals surface area contributed by atoms with Gasteiger partial charge in [-0.05, 0) is 28.9 Å². The zero-order chi connectivity index (χ0) is 6.85. The van der Waals surface area contributed by atoms with E-state index in [1.165, 1.54) is 9.75 Å². The number of aryl methyl sites for hydroxylation is 1. The maximum Gasteiger partial charge on any atom is 0.0330 e. The average Bonchev–Trinajstić information content (AvgIpc) is 2.10. The van der Waals surface area contributed by atoms with E-state index < -0.39 is 0 Å². The van der Waals surface area contributed by atoms with E-state index in [4.69, 9.17) is 5.73 Å². The van der Waals surface area contributed by atoms with Crippen LogP contribution in [-0.2, 0) is 6.54 Å². The molecule has 0 bridgehead atoms. The quantitative estimate of drug-likeness (QED) is 0.749. The number of halogens is 1. The fourth-order valence-electron chi connectivity index (χ4n) is 0.671. The summed E-state index contributed by atoms with van der Waals surface area (Å²) in [6, 6.07) is 2.09. The van der Waals surface area contributed by atoms with Crippen LogP contribution in [0, 0.1) is 6.92 Å². The van der Waals surface area contributed by atoms with Gasteiger partial charge in [-0.25, -0.2) is 0 Å². The largest absolute Gasteiger partial charge is 0.326 e. The van der Waals surface area contributed by atoms with E-state index in [1.54, 1.807) is 11.3 Å². The highest BCUT2D eigenvalue weighted by Gasteiger charge is 1.99. The molecule has 3 heteroatoms. The van der Waals surface area contributed by atoms with Gasteiger partial charge in [0.15, 0.2) is 0 Å². The molecule has 0 unspecified atom stereocenters. The average molecular weight is 206 g/mol. The van der Waals surface area contributed by atoms with Crippen molar-refractivity contribution < 1.29 is 0 Å². The first-order valence-corrected chi connectivity index (χ1v) is 4.30. The number of hydrogen-bond donors (Lipinski definition) is 1. The number of hydrogen-bond acceptors (Lipinski definition) is 2. The van der Waals surface area contributed by atoms with Crippen molar-refractivity contribution in [2.75, 3.05) is 0 Å². The van der Waals surface area contributed by atoms with Crippen LogP contribution in [0.3, 0.4) is 0 Å². The van der Waals surface area contributed by atoms with Gasteiger partial charge in [0.05, 0.1) is 0 Å². The summed E-state index contributed by atoms with van der Waals surface area (Å²) in [5.41, 5.74) is 5.44. The summed E-state index contributed by atoms with van der Waals surface area (Å²) in [5.74, 6) is 0. The molecule has 1 rings (SSSR count). The Labute approximate surface area is 67.0 Å². The van der Waals surface area contributed by atoms with Crippen molar-refractivity contribution in [2.45, 2.75) is 13.5 Å². The topological polar surface area (TPSA) is 26.0 Å². The molecule has 0 aliphatic rings. The fourth-order valence-corrected chi connectivity index (χ4v) is 2.38. The van der Waals surface area contributed by atoms with Crippen molar-refractivity contribution in [3.05, 3.63) is 20.3 Å². The van der Waals surface area contributed by atoms with Gasteiger partial charge in [0.2, 0.25) is 0 Å². The molecule has 0 aromatic carbocycles. The molecular weight excluding hydrogens is 198 g/mol. The molecule has 0 saturated heterocycles. The van der Waals surface area contributed by atoms with E-state index in [0.717, 1.165) is 4.47 Å². The van der Waals surface area contributed by atoms with Crippen LogP contribution in [0.1, 0.15) is 9.75 Å². The summed E-state index contributed by atoms with van der Waals surface area (Å²) in [6.45, 7) is 2.72. The number of nitrogens with two attached hydrogens (primary N) is 1. The standard InChI is InChI=1S/C6H8BrNS/c1-4-2-5(7)6(3-8)9-4/h2H,3,8H2,1H3. The summed E-state index contributed by atoms with van der Waals surface area (Å²) < 4.78 is 1.15. The van der Waals surface area contributed by atoms with Gasteiger partial charge in [0.25, 0.3) is 0 Å². The van der Waals surface area contributed by atoms with Crippen molar-refractivity contribution >= 4 is 27.3 Å². The SMILES string of the molecule is Cc1cc(Br)c(CN)s1. The summed E-state index contributed by atoms with van der Waals surface area (Å²) >= 11 is 5.15. The van der Waals surface area contributed by atoms with Gasteiger partial charge in [0.1, 0.15) is 0 Å². The Balaban J connectivity index is 3.01. The highest BCUT2D eigenvalue weighted by atomic mass is 79.9. The fraction of sp³-hybridized carbons (Fsp3) is 0.333. The van der Waals surface area contributed by atoms with E-state index in [2.05, 4.69) is 28.9 Å². The molecule has 0 spiro atoms. The normalized spacial score (nSPS) is 10.1. The van der Waals surface area contributed by atoms with Gasteiger partial charge < -0.3 is 5.73 Å². The summed E-state index contributed by atoms with van der Waals surface area (Å²) in [7, 11) is 0. The summed E-state index contributed by atoms with van der Waals surface area (Å²) in [6.07, 6.45) is 0. The molecule has 1 aromatic rings. The Morgan fingerprint density at radius 2 is 2.44 bits per heavy atom. The van der Waals surface area contributed by atoms with Gasteiger partial charge >= 0.3 is 0 Å². The van der Waals surface area contributed by atoms with E-state index in [1.807, 2.05) is 0 Å². The lowest BCUT2D eigenvalue weighted by Gasteiger charge is -1.86. The second-order valence-electron chi connectivity index (χ2n) is 1.83. The van der Waals surface area contributed by atoms with Gasteiger partial charge in [-0.2, -0.15) is 0 Å². The third-order valence-corrected chi connectivity index (χ3v) is 3.11. The Morgan fingerprint density at radius 1 is 1.78 bits per heavy atom. The zero-order valence-corrected chi connectivity index (χ0v) is 7.55. The van der Waals surface area contributed by atoms with Crippen molar-refractivity contribution in [3.8, 4) is 0 Å². The molecular formula is C6H8BrNS. The van der Waals surface area contributed by atoms with Crippen molar-refractivity contribution in [3.63, 3.8) is 0 Å². The Hall–Kier alpha value is 0.140. The lowest BCUT2D eigenvalue weighted by Crippen LogP contribution is -1.92. The summed E-state index contributed by atoms with van der Waals surface area (Å²) in [4.78, 5) is 2.54. The van der Waals surface area contributed by atoms with Crippen LogP contribution in [-0.4, -0.2) is 0 Å². The highest BCUT2D eigenvalue weighted by Crippen LogP contribution is 2.25. The molecule has 0 saturated carbocycles. The maximum absolute atomic E-state index is 5.44. The smallest absolute Gasteiger partial charge is 0.0330 e. The van der Waals surface area contributed by atoms with Crippen LogP contribution in [0.2, 0.25) is 0 Å². The first kappa shape index (κ1) is 7.25. The third-order valence-electron chi connectivity index (χ3n) is 1.07. The molecule has 1 heterocycles. The predicted molar refractivity (Wildman–Crippen MR) is 44.6 cm³/mol. The molecule has 0 amide bonds. The second-order valence-corrected chi connectivity index (χ2v) is 4.03. The van der Waals surface area contributed by atoms with Crippen LogP contribution < -0.4 is 5.73 Å². The van der Waals surface area contributed by atoms with Gasteiger partial charge in [-0.1, -0.05) is 0 Å². The maximum atomic E-state index is 5.44. The predicted octanol–water partition coefficient (Wildman–Crippen LogP) is 2.28. The van der Waals surface area contributed by atoms with Crippen LogP contribution in [0.15, 0.2) is 10.5 Å². The molecule has 1 aromatic heterocycles. The second kappa shape index (κ2) is 2.82. The monoisotopic (exact) mass is 205 g/mol. The molecule has 0 atom stereocenters. The Morgan fingerprint density at radius 3 is 2.67 bits per heavy atom. The van der Waals surface area contributed by atoms with Crippen LogP contribution in [0.25, 0.3) is 0 Å². The molecule has 50 valence electrons. The Kier molecular flexibility index (Phi) is 2.27. The van der Waals surface area contributed by atoms with E-state index >= 15 is 0 Å². The van der Waals surface area contributed by atoms with Crippen LogP contribution in [0.5, 0.6) is 0 Å². The minimum atomic E-state index is 0.638. The van der Waals surface area contributed by atoms with E-state index in [-0.39, 0.29) is 0 Å². The van der Waals surface area contributed by atoms with Crippen LogP contribution in [0.4, 0.5) is 0 Å². The van der Waals surface area contributed by atoms with Crippen molar-refractivity contribution in [2.24, 2.45) is 5.73 Å². The van der Waals surface area contributed by atoms with Gasteiger partial charge in [-0.15, -0.1) is 11.3 Å². The molecule has 0 radical (unpaired) electrons. The van der Waals surface area contributed by atoms with E-state index in [0.29, 0.717) is 6.54 Å². The minimum Gasteiger partial charge on any atom is -0.326 e.